The van der Waals surface area contributed by atoms with E-state index >= 15 is 0 Å². The van der Waals surface area contributed by atoms with Crippen molar-refractivity contribution in [2.45, 2.75) is 57.1 Å². The Kier molecular flexibility index (Phi) is 12.3. The molecule has 240 valence electrons. The van der Waals surface area contributed by atoms with Crippen LogP contribution < -0.4 is 20.9 Å². The molecule has 0 saturated carbocycles. The van der Waals surface area contributed by atoms with Crippen LogP contribution in [-0.2, 0) is 0 Å². The number of aromatic amines is 1. The van der Waals surface area contributed by atoms with Crippen LogP contribution in [0.4, 0.5) is 13.6 Å². The highest BCUT2D eigenvalue weighted by Crippen LogP contribution is 2.29. The highest BCUT2D eigenvalue weighted by Gasteiger charge is 2.19. The van der Waals surface area contributed by atoms with Gasteiger partial charge in [-0.05, 0) is 72.5 Å². The van der Waals surface area contributed by atoms with Crippen LogP contribution in [-0.4, -0.2) is 46.1 Å². The first-order chi connectivity index (χ1) is 21.7. The van der Waals surface area contributed by atoms with Crippen LogP contribution in [0.5, 0.6) is 11.5 Å². The normalized spacial score (nSPS) is 12.6. The van der Waals surface area contributed by atoms with Crippen molar-refractivity contribution < 1.29 is 33.6 Å². The molecule has 9 nitrogen and oxygen atoms in total. The SMILES string of the molecule is O=C(O)NC(c1cccc(OCCCCCCCCCNCC(O)c2ccc(O)c3[nH]c(=O)ccc23)c1)c1ccc(F)c(F)c1. The average molecular weight is 624 g/mol. The molecule has 11 heteroatoms. The number of ether oxygens (including phenoxy) is 1. The molecular weight excluding hydrogens is 584 g/mol. The van der Waals surface area contributed by atoms with Crippen LogP contribution >= 0.6 is 0 Å². The molecule has 2 unspecified atom stereocenters. The maximum absolute atomic E-state index is 13.8. The smallest absolute Gasteiger partial charge is 0.405 e. The topological polar surface area (TPSA) is 144 Å². The summed E-state index contributed by atoms with van der Waals surface area (Å²) in [5.74, 6) is -1.52. The number of pyridine rings is 1. The molecule has 0 spiro atoms. The second kappa shape index (κ2) is 16.6. The highest BCUT2D eigenvalue weighted by atomic mass is 19.2. The van der Waals surface area contributed by atoms with Gasteiger partial charge >= 0.3 is 6.09 Å². The van der Waals surface area contributed by atoms with Gasteiger partial charge in [-0.25, -0.2) is 13.6 Å². The second-order valence-corrected chi connectivity index (χ2v) is 11.0. The summed E-state index contributed by atoms with van der Waals surface area (Å²) < 4.78 is 33.1. The Balaban J connectivity index is 1.09. The van der Waals surface area contributed by atoms with Gasteiger partial charge < -0.3 is 35.7 Å². The number of amides is 1. The van der Waals surface area contributed by atoms with Gasteiger partial charge in [-0.2, -0.15) is 0 Å². The molecule has 2 atom stereocenters. The fourth-order valence-corrected chi connectivity index (χ4v) is 5.28. The van der Waals surface area contributed by atoms with E-state index in [-0.39, 0.29) is 16.9 Å². The van der Waals surface area contributed by atoms with E-state index in [0.29, 0.717) is 40.9 Å². The van der Waals surface area contributed by atoms with Crippen LogP contribution in [0.15, 0.2) is 71.5 Å². The Labute approximate surface area is 259 Å². The Bertz CT molecular complexity index is 1630. The first-order valence-corrected chi connectivity index (χ1v) is 15.1. The van der Waals surface area contributed by atoms with Crippen LogP contribution in [0.2, 0.25) is 0 Å². The number of aliphatic hydroxyl groups excluding tert-OH is 1. The third kappa shape index (κ3) is 9.75. The molecule has 0 fully saturated rings. The lowest BCUT2D eigenvalue weighted by Crippen LogP contribution is -2.27. The van der Waals surface area contributed by atoms with Crippen LogP contribution in [0.1, 0.15) is 73.8 Å². The zero-order chi connectivity index (χ0) is 32.2. The predicted molar refractivity (Wildman–Crippen MR) is 168 cm³/mol. The minimum Gasteiger partial charge on any atom is -0.506 e. The van der Waals surface area contributed by atoms with Crippen LogP contribution in [0.3, 0.4) is 0 Å². The number of carboxylic acid groups (broad SMARTS) is 1. The Morgan fingerprint density at radius 2 is 1.60 bits per heavy atom. The summed E-state index contributed by atoms with van der Waals surface area (Å²) in [5.41, 5.74) is 1.48. The van der Waals surface area contributed by atoms with Gasteiger partial charge in [0.15, 0.2) is 11.6 Å². The number of H-pyrrole nitrogens is 1. The van der Waals surface area contributed by atoms with Crippen molar-refractivity contribution >= 4 is 17.0 Å². The zero-order valence-corrected chi connectivity index (χ0v) is 24.9. The minimum absolute atomic E-state index is 0.0333. The molecule has 1 heterocycles. The Morgan fingerprint density at radius 3 is 2.36 bits per heavy atom. The van der Waals surface area contributed by atoms with Crippen molar-refractivity contribution in [3.05, 3.63) is 105 Å². The van der Waals surface area contributed by atoms with Gasteiger partial charge in [0.1, 0.15) is 11.5 Å². The fraction of sp³-hybridized carbons (Fsp3) is 0.353. The van der Waals surface area contributed by atoms with E-state index in [4.69, 9.17) is 4.74 Å². The van der Waals surface area contributed by atoms with E-state index in [1.54, 1.807) is 36.4 Å². The molecule has 0 aliphatic heterocycles. The lowest BCUT2D eigenvalue weighted by molar-refractivity contribution is 0.176. The van der Waals surface area contributed by atoms with Gasteiger partial charge in [-0.15, -0.1) is 0 Å². The summed E-state index contributed by atoms with van der Waals surface area (Å²) >= 11 is 0. The molecule has 0 radical (unpaired) electrons. The zero-order valence-electron chi connectivity index (χ0n) is 24.9. The number of hydrogen-bond donors (Lipinski definition) is 6. The van der Waals surface area contributed by atoms with Crippen molar-refractivity contribution in [1.82, 2.24) is 15.6 Å². The number of aliphatic hydroxyl groups is 1. The van der Waals surface area contributed by atoms with Crippen molar-refractivity contribution in [3.63, 3.8) is 0 Å². The summed E-state index contributed by atoms with van der Waals surface area (Å²) in [4.78, 5) is 25.6. The number of fused-ring (bicyclic) bond motifs is 1. The Hall–Kier alpha value is -4.48. The van der Waals surface area contributed by atoms with Gasteiger partial charge in [0.2, 0.25) is 5.56 Å². The molecule has 0 aliphatic carbocycles. The predicted octanol–water partition coefficient (Wildman–Crippen LogP) is 6.30. The summed E-state index contributed by atoms with van der Waals surface area (Å²) in [5, 5.41) is 36.2. The first kappa shape index (κ1) is 33.4. The monoisotopic (exact) mass is 623 g/mol. The number of rotatable bonds is 17. The molecule has 4 rings (SSSR count). The number of phenolic OH excluding ortho intramolecular Hbond substituents is 1. The average Bonchev–Trinajstić information content (AvgIpc) is 3.02. The molecule has 0 bridgehead atoms. The van der Waals surface area contributed by atoms with Crippen LogP contribution in [0, 0.1) is 11.6 Å². The highest BCUT2D eigenvalue weighted by molar-refractivity contribution is 5.87. The summed E-state index contributed by atoms with van der Waals surface area (Å²) in [6.45, 7) is 1.64. The standard InChI is InChI=1S/C34H39F2N3O6/c35-27-14-11-23(20-28(27)36)32(39-34(43)44)22-9-8-10-24(19-22)45-18-7-5-3-1-2-4-6-17-37-21-30(41)25-12-15-29(40)33-26(25)13-16-31(42)38-33/h8-16,19-20,30,32,37,39-41H,1-7,17-18,21H2,(H,38,42)(H,43,44). The number of aromatic hydroxyl groups is 1. The number of hydrogen-bond acceptors (Lipinski definition) is 6. The number of halogens is 2. The minimum atomic E-state index is -1.29. The van der Waals surface area contributed by atoms with Crippen molar-refractivity contribution in [3.8, 4) is 11.5 Å². The van der Waals surface area contributed by atoms with Crippen molar-refractivity contribution in [2.24, 2.45) is 0 Å². The molecule has 3 aromatic carbocycles. The second-order valence-electron chi connectivity index (χ2n) is 11.0. The van der Waals surface area contributed by atoms with Crippen molar-refractivity contribution in [2.75, 3.05) is 19.7 Å². The number of carbonyl (C=O) groups is 1. The van der Waals surface area contributed by atoms with Crippen molar-refractivity contribution in [1.29, 1.82) is 0 Å². The Morgan fingerprint density at radius 1 is 0.867 bits per heavy atom. The van der Waals surface area contributed by atoms with Gasteiger partial charge in [-0.1, -0.05) is 56.4 Å². The molecule has 1 aromatic heterocycles. The summed E-state index contributed by atoms with van der Waals surface area (Å²) in [6, 6.07) is 15.4. The van der Waals surface area contributed by atoms with E-state index in [2.05, 4.69) is 15.6 Å². The molecule has 45 heavy (non-hydrogen) atoms. The van der Waals surface area contributed by atoms with E-state index in [0.717, 1.165) is 63.6 Å². The van der Waals surface area contributed by atoms with E-state index in [1.165, 1.54) is 18.2 Å². The number of aromatic nitrogens is 1. The molecule has 6 N–H and O–H groups in total. The summed E-state index contributed by atoms with van der Waals surface area (Å²) in [6.07, 6.45) is 5.15. The van der Waals surface area contributed by atoms with Gasteiger partial charge in [0.25, 0.3) is 0 Å². The van der Waals surface area contributed by atoms with Gasteiger partial charge in [-0.3, -0.25) is 4.79 Å². The largest absolute Gasteiger partial charge is 0.506 e. The van der Waals surface area contributed by atoms with Gasteiger partial charge in [0.05, 0.1) is 24.3 Å². The molecular formula is C34H39F2N3O6. The third-order valence-electron chi connectivity index (χ3n) is 7.61. The van der Waals surface area contributed by atoms with Crippen LogP contribution in [0.25, 0.3) is 10.9 Å². The first-order valence-electron chi connectivity index (χ1n) is 15.1. The summed E-state index contributed by atoms with van der Waals surface area (Å²) in [7, 11) is 0. The number of benzene rings is 3. The van der Waals surface area contributed by atoms with E-state index < -0.39 is 29.9 Å². The fourth-order valence-electron chi connectivity index (χ4n) is 5.28. The number of unbranched alkanes of at least 4 members (excludes halogenated alkanes) is 6. The quantitative estimate of drug-likeness (QED) is 0.0758. The number of phenols is 1. The number of nitrogens with one attached hydrogen (secondary N) is 3. The molecule has 4 aromatic rings. The molecule has 0 aliphatic rings. The maximum atomic E-state index is 13.8. The van der Waals surface area contributed by atoms with E-state index in [9.17, 15) is 33.7 Å². The maximum Gasteiger partial charge on any atom is 0.405 e. The molecule has 0 saturated heterocycles. The van der Waals surface area contributed by atoms with E-state index in [1.807, 2.05) is 0 Å². The third-order valence-corrected chi connectivity index (χ3v) is 7.61. The lowest BCUT2D eigenvalue weighted by atomic mass is 9.98. The van der Waals surface area contributed by atoms with Gasteiger partial charge in [0, 0.05) is 18.0 Å². The lowest BCUT2D eigenvalue weighted by Gasteiger charge is -2.19. The molecule has 1 amide bonds.